The smallest absolute Gasteiger partial charge is 0.213 e. The Morgan fingerprint density at radius 3 is 0.786 bits per heavy atom. The minimum atomic E-state index is 0. The molecule has 1 radical (unpaired) electrons. The summed E-state index contributed by atoms with van der Waals surface area (Å²) in [4.78, 5) is 0. The molecule has 0 spiro atoms. The molecule has 0 saturated carbocycles. The number of rotatable bonds is 6. The molecule has 3 atom stereocenters. The Bertz CT molecular complexity index is 548. The fraction of sp³-hybridized carbons (Fsp3) is 0.444. The molecule has 0 fully saturated rings. The van der Waals surface area contributed by atoms with Crippen molar-refractivity contribution in [1.29, 1.82) is 0 Å². The molecule has 1 heteroatoms. The van der Waals surface area contributed by atoms with Gasteiger partial charge in [-0.05, 0) is 0 Å². The van der Waals surface area contributed by atoms with E-state index in [1.165, 1.54) is 36.0 Å². The number of hydrogen-bond donors (Lipinski definition) is 0. The van der Waals surface area contributed by atoms with E-state index in [9.17, 15) is 0 Å². The maximum Gasteiger partial charge on any atom is 3.00 e. The second-order valence-corrected chi connectivity index (χ2v) is 7.58. The zero-order valence-corrected chi connectivity index (χ0v) is 20.4. The van der Waals surface area contributed by atoms with Crippen LogP contribution in [-0.4, -0.2) is 0 Å². The Morgan fingerprint density at radius 1 is 0.464 bits per heavy atom. The van der Waals surface area contributed by atoms with Crippen LogP contribution in [-0.2, 0) is 0 Å². The monoisotopic (exact) mass is 529 g/mol. The summed E-state index contributed by atoms with van der Waals surface area (Å²) in [7, 11) is 0. The summed E-state index contributed by atoms with van der Waals surface area (Å²) in [6.45, 7) is 13.4. The zero-order chi connectivity index (χ0) is 20.1. The Labute approximate surface area is 204 Å². The molecule has 3 unspecified atom stereocenters. The fourth-order valence-corrected chi connectivity index (χ4v) is 2.86. The predicted molar refractivity (Wildman–Crippen MR) is 122 cm³/mol. The normalized spacial score (nSPS) is 13.1. The van der Waals surface area contributed by atoms with Gasteiger partial charge in [0.1, 0.15) is 0 Å². The molecule has 0 N–H and O–H groups in total. The van der Waals surface area contributed by atoms with Gasteiger partial charge in [-0.3, -0.25) is 0 Å². The average molecular weight is 531 g/mol. The molecule has 0 amide bonds. The molecule has 3 rings (SSSR count). The Hall–Kier alpha value is -0.703. The Morgan fingerprint density at radius 2 is 0.643 bits per heavy atom. The third-order valence-corrected chi connectivity index (χ3v) is 5.61. The van der Waals surface area contributed by atoms with Crippen molar-refractivity contribution in [2.24, 2.45) is 0 Å². The number of hydrogen-bond acceptors (Lipinski definition) is 0. The van der Waals surface area contributed by atoms with E-state index < -0.39 is 0 Å². The Kier molecular flexibility index (Phi) is 15.7. The molecule has 3 aromatic carbocycles. The van der Waals surface area contributed by atoms with Crippen LogP contribution in [0.2, 0.25) is 0 Å². The molecule has 0 aliphatic carbocycles. The largest absolute Gasteiger partial charge is 3.00 e. The topological polar surface area (TPSA) is 0 Å². The molecule has 0 heterocycles. The van der Waals surface area contributed by atoms with Crippen LogP contribution in [0.5, 0.6) is 0 Å². The second-order valence-electron chi connectivity index (χ2n) is 7.58. The van der Waals surface area contributed by atoms with Gasteiger partial charge in [-0.15, -0.1) is 0 Å². The first-order valence-corrected chi connectivity index (χ1v) is 10.7. The van der Waals surface area contributed by atoms with E-state index in [0.29, 0.717) is 0 Å². The van der Waals surface area contributed by atoms with Crippen LogP contribution in [0.4, 0.5) is 0 Å². The first-order valence-electron chi connectivity index (χ1n) is 10.7. The van der Waals surface area contributed by atoms with Crippen molar-refractivity contribution in [2.45, 2.75) is 78.6 Å². The van der Waals surface area contributed by atoms with Crippen molar-refractivity contribution in [3.05, 3.63) is 89.5 Å². The third kappa shape index (κ3) is 10.2. The van der Waals surface area contributed by atoms with Gasteiger partial charge in [0.05, 0.1) is 0 Å². The quantitative estimate of drug-likeness (QED) is 0.279. The summed E-state index contributed by atoms with van der Waals surface area (Å²) in [6.07, 6.45) is 3.72. The van der Waals surface area contributed by atoms with Crippen LogP contribution in [0, 0.1) is 37.3 Å². The molecule has 0 aliphatic heterocycles. The molecular formula is C27H39Er. The zero-order valence-electron chi connectivity index (χ0n) is 18.6. The molecule has 3 aromatic rings. The van der Waals surface area contributed by atoms with Gasteiger partial charge in [-0.1, -0.05) is 78.6 Å². The molecule has 0 saturated heterocycles. The summed E-state index contributed by atoms with van der Waals surface area (Å²) in [5.74, 6) is 2.21. The molecule has 0 nitrogen and oxygen atoms in total. The summed E-state index contributed by atoms with van der Waals surface area (Å²) in [5.41, 5.74) is 4.41. The van der Waals surface area contributed by atoms with Crippen LogP contribution >= 0.6 is 0 Å². The molecule has 28 heavy (non-hydrogen) atoms. The van der Waals surface area contributed by atoms with Gasteiger partial charge in [-0.2, -0.15) is 53.1 Å². The Balaban J connectivity index is 0.000000384. The van der Waals surface area contributed by atoms with Crippen LogP contribution in [0.25, 0.3) is 0 Å². The summed E-state index contributed by atoms with van der Waals surface area (Å²) in [6, 6.07) is 25.7. The van der Waals surface area contributed by atoms with E-state index >= 15 is 0 Å². The predicted octanol–water partition coefficient (Wildman–Crippen LogP) is 8.76. The van der Waals surface area contributed by atoms with Crippen LogP contribution in [0.1, 0.15) is 95.2 Å². The summed E-state index contributed by atoms with van der Waals surface area (Å²) < 4.78 is 0. The molecular weight excluding hydrogens is 492 g/mol. The van der Waals surface area contributed by atoms with E-state index in [1.807, 2.05) is 0 Å². The van der Waals surface area contributed by atoms with Crippen molar-refractivity contribution in [1.82, 2.24) is 0 Å². The standard InChI is InChI=1S/3C9H13.Er/c3*1-3-8(2)9-6-4-5-7-9;/h3*4-8H,3H2,1-2H3;/q3*-1;+3. The van der Waals surface area contributed by atoms with Gasteiger partial charge < -0.3 is 0 Å². The van der Waals surface area contributed by atoms with E-state index in [-0.39, 0.29) is 37.3 Å². The fourth-order valence-electron chi connectivity index (χ4n) is 2.86. The maximum atomic E-state index is 2.26. The summed E-state index contributed by atoms with van der Waals surface area (Å²) in [5, 5.41) is 0. The van der Waals surface area contributed by atoms with Crippen molar-refractivity contribution in [2.75, 3.05) is 0 Å². The first-order chi connectivity index (χ1) is 13.0. The average Bonchev–Trinajstić information content (AvgIpc) is 3.48. The van der Waals surface area contributed by atoms with Gasteiger partial charge in [0.25, 0.3) is 0 Å². The van der Waals surface area contributed by atoms with Crippen molar-refractivity contribution < 1.29 is 37.3 Å². The SMILES string of the molecule is CCC(C)[c-]1cccc1.CCC(C)[c-]1cccc1.CCC(C)[c-]1cccc1.[Er+3]. The third-order valence-electron chi connectivity index (χ3n) is 5.61. The van der Waals surface area contributed by atoms with Gasteiger partial charge >= 0.3 is 37.3 Å². The maximum absolute atomic E-state index is 2.26. The summed E-state index contributed by atoms with van der Waals surface area (Å²) >= 11 is 0. The van der Waals surface area contributed by atoms with E-state index in [1.54, 1.807) is 0 Å². The van der Waals surface area contributed by atoms with Gasteiger partial charge in [0.15, 0.2) is 0 Å². The van der Waals surface area contributed by atoms with Gasteiger partial charge in [0, 0.05) is 0 Å². The van der Waals surface area contributed by atoms with Crippen LogP contribution in [0.15, 0.2) is 72.8 Å². The van der Waals surface area contributed by atoms with Crippen molar-refractivity contribution >= 4 is 0 Å². The van der Waals surface area contributed by atoms with E-state index in [0.717, 1.165) is 17.8 Å². The van der Waals surface area contributed by atoms with Gasteiger partial charge in [-0.25, -0.2) is 36.4 Å². The van der Waals surface area contributed by atoms with E-state index in [2.05, 4.69) is 114 Å². The van der Waals surface area contributed by atoms with Crippen LogP contribution in [0.3, 0.4) is 0 Å². The molecule has 159 valence electrons. The van der Waals surface area contributed by atoms with E-state index in [4.69, 9.17) is 0 Å². The molecule has 0 aliphatic rings. The molecule has 0 bridgehead atoms. The van der Waals surface area contributed by atoms with Crippen molar-refractivity contribution in [3.63, 3.8) is 0 Å². The van der Waals surface area contributed by atoms with Crippen LogP contribution < -0.4 is 0 Å². The second kappa shape index (κ2) is 16.1. The molecule has 0 aromatic heterocycles. The minimum absolute atomic E-state index is 0. The van der Waals surface area contributed by atoms with Crippen molar-refractivity contribution in [3.8, 4) is 0 Å². The minimum Gasteiger partial charge on any atom is -0.213 e. The van der Waals surface area contributed by atoms with Gasteiger partial charge in [0.2, 0.25) is 0 Å². The first kappa shape index (κ1) is 27.3.